The van der Waals surface area contributed by atoms with Crippen molar-refractivity contribution in [3.63, 3.8) is 0 Å². The van der Waals surface area contributed by atoms with Gasteiger partial charge in [-0.15, -0.1) is 0 Å². The maximum absolute atomic E-state index is 11.8. The molecule has 4 heteroatoms. The van der Waals surface area contributed by atoms with Crippen LogP contribution < -0.4 is 9.47 Å². The molecule has 1 aromatic rings. The highest BCUT2D eigenvalue weighted by molar-refractivity contribution is 5.95. The van der Waals surface area contributed by atoms with Crippen molar-refractivity contribution in [3.05, 3.63) is 23.3 Å². The lowest BCUT2D eigenvalue weighted by atomic mass is 10.0. The molecule has 0 spiro atoms. The molecular formula is C13H12O4. The maximum atomic E-state index is 11.8. The zero-order valence-electron chi connectivity index (χ0n) is 9.27. The first-order valence-corrected chi connectivity index (χ1v) is 5.97. The molecule has 1 aromatic carbocycles. The molecule has 0 N–H and O–H groups in total. The Morgan fingerprint density at radius 1 is 1.06 bits per heavy atom. The summed E-state index contributed by atoms with van der Waals surface area (Å²) in [6.45, 7) is 1.10. The zero-order valence-corrected chi connectivity index (χ0v) is 9.27. The Kier molecular flexibility index (Phi) is 1.73. The molecule has 0 bridgehead atoms. The Morgan fingerprint density at radius 2 is 1.76 bits per heavy atom. The van der Waals surface area contributed by atoms with Crippen LogP contribution >= 0.6 is 0 Å². The van der Waals surface area contributed by atoms with Crippen molar-refractivity contribution in [1.82, 2.24) is 0 Å². The van der Waals surface area contributed by atoms with Crippen LogP contribution in [0, 0.1) is 5.92 Å². The van der Waals surface area contributed by atoms with Gasteiger partial charge in [0.2, 0.25) is 0 Å². The minimum Gasteiger partial charge on any atom is -0.486 e. The average molecular weight is 232 g/mol. The molecule has 1 saturated carbocycles. The fraction of sp³-hybridized carbons (Fsp3) is 0.462. The van der Waals surface area contributed by atoms with Crippen molar-refractivity contribution < 1.29 is 19.0 Å². The van der Waals surface area contributed by atoms with E-state index < -0.39 is 0 Å². The van der Waals surface area contributed by atoms with Gasteiger partial charge < -0.3 is 14.2 Å². The molecule has 0 amide bonds. The van der Waals surface area contributed by atoms with Gasteiger partial charge in [0.25, 0.3) is 0 Å². The van der Waals surface area contributed by atoms with Crippen LogP contribution in [0.3, 0.4) is 0 Å². The van der Waals surface area contributed by atoms with Crippen LogP contribution in [-0.2, 0) is 4.74 Å². The van der Waals surface area contributed by atoms with Crippen LogP contribution in [0.1, 0.15) is 34.9 Å². The molecular weight excluding hydrogens is 220 g/mol. The zero-order chi connectivity index (χ0) is 11.4. The minimum absolute atomic E-state index is 0.0617. The first-order chi connectivity index (χ1) is 8.33. The number of hydrogen-bond donors (Lipinski definition) is 0. The molecule has 1 aliphatic carbocycles. The highest BCUT2D eigenvalue weighted by Crippen LogP contribution is 2.50. The molecule has 1 atom stereocenters. The van der Waals surface area contributed by atoms with E-state index in [4.69, 9.17) is 14.2 Å². The largest absolute Gasteiger partial charge is 0.486 e. The number of carbonyl (C=O) groups is 1. The van der Waals surface area contributed by atoms with E-state index in [2.05, 4.69) is 0 Å². The summed E-state index contributed by atoms with van der Waals surface area (Å²) in [5.74, 6) is 1.67. The SMILES string of the molecule is O=C1OC(C2CC2)c2cc3c(cc21)OCCO3. The molecule has 3 aliphatic rings. The molecule has 88 valence electrons. The van der Waals surface area contributed by atoms with Gasteiger partial charge in [0, 0.05) is 11.5 Å². The van der Waals surface area contributed by atoms with Crippen LogP contribution in [0.2, 0.25) is 0 Å². The first kappa shape index (κ1) is 9.33. The van der Waals surface area contributed by atoms with Crippen molar-refractivity contribution in [3.8, 4) is 11.5 Å². The monoisotopic (exact) mass is 232 g/mol. The third-order valence-corrected chi connectivity index (χ3v) is 3.52. The molecule has 1 fully saturated rings. The van der Waals surface area contributed by atoms with Gasteiger partial charge in [0.15, 0.2) is 11.5 Å². The van der Waals surface area contributed by atoms with E-state index in [1.54, 1.807) is 6.07 Å². The third kappa shape index (κ3) is 1.33. The fourth-order valence-electron chi connectivity index (χ4n) is 2.51. The number of rotatable bonds is 1. The van der Waals surface area contributed by atoms with Crippen LogP contribution in [0.4, 0.5) is 0 Å². The summed E-state index contributed by atoms with van der Waals surface area (Å²) in [5.41, 5.74) is 1.62. The van der Waals surface area contributed by atoms with Gasteiger partial charge in [-0.2, -0.15) is 0 Å². The highest BCUT2D eigenvalue weighted by atomic mass is 16.6. The quantitative estimate of drug-likeness (QED) is 0.695. The van der Waals surface area contributed by atoms with E-state index in [0.717, 1.165) is 24.2 Å². The number of hydrogen-bond acceptors (Lipinski definition) is 4. The molecule has 0 radical (unpaired) electrons. The Morgan fingerprint density at radius 3 is 2.47 bits per heavy atom. The summed E-state index contributed by atoms with van der Waals surface area (Å²) in [6.07, 6.45) is 2.23. The summed E-state index contributed by atoms with van der Waals surface area (Å²) in [4.78, 5) is 11.8. The smallest absolute Gasteiger partial charge is 0.339 e. The second-order valence-corrected chi connectivity index (χ2v) is 4.75. The average Bonchev–Trinajstić information content (AvgIpc) is 3.14. The Bertz CT molecular complexity index is 504. The van der Waals surface area contributed by atoms with Crippen molar-refractivity contribution in [2.75, 3.05) is 13.2 Å². The summed E-state index contributed by atoms with van der Waals surface area (Å²) >= 11 is 0. The first-order valence-electron chi connectivity index (χ1n) is 5.97. The number of cyclic esters (lactones) is 1. The second kappa shape index (κ2) is 3.15. The number of esters is 1. The Hall–Kier alpha value is -1.71. The van der Waals surface area contributed by atoms with E-state index >= 15 is 0 Å². The van der Waals surface area contributed by atoms with Crippen molar-refractivity contribution in [2.45, 2.75) is 18.9 Å². The number of ether oxygens (including phenoxy) is 3. The van der Waals surface area contributed by atoms with Gasteiger partial charge in [-0.25, -0.2) is 4.79 Å². The standard InChI is InChI=1S/C13H12O4/c14-13-9-6-11-10(15-3-4-16-11)5-8(9)12(17-13)7-1-2-7/h5-7,12H,1-4H2. The number of carbonyl (C=O) groups excluding carboxylic acids is 1. The Balaban J connectivity index is 1.84. The summed E-state index contributed by atoms with van der Waals surface area (Å²) < 4.78 is 16.4. The van der Waals surface area contributed by atoms with E-state index in [9.17, 15) is 4.79 Å². The van der Waals surface area contributed by atoms with Gasteiger partial charge in [-0.1, -0.05) is 0 Å². The predicted molar refractivity (Wildman–Crippen MR) is 58.3 cm³/mol. The van der Waals surface area contributed by atoms with Gasteiger partial charge in [0.05, 0.1) is 5.56 Å². The summed E-state index contributed by atoms with van der Waals surface area (Å²) in [7, 11) is 0. The minimum atomic E-state index is -0.228. The third-order valence-electron chi connectivity index (χ3n) is 3.52. The van der Waals surface area contributed by atoms with Gasteiger partial charge in [0.1, 0.15) is 19.3 Å². The lowest BCUT2D eigenvalue weighted by Gasteiger charge is -2.19. The van der Waals surface area contributed by atoms with Crippen LogP contribution in [0.15, 0.2) is 12.1 Å². The van der Waals surface area contributed by atoms with Crippen LogP contribution in [0.25, 0.3) is 0 Å². The van der Waals surface area contributed by atoms with Gasteiger partial charge >= 0.3 is 5.97 Å². The summed E-state index contributed by atoms with van der Waals surface area (Å²) in [6, 6.07) is 3.67. The number of fused-ring (bicyclic) bond motifs is 2. The second-order valence-electron chi connectivity index (χ2n) is 4.75. The predicted octanol–water partition coefficient (Wildman–Crippen LogP) is 2.08. The maximum Gasteiger partial charge on any atom is 0.339 e. The van der Waals surface area contributed by atoms with Crippen molar-refractivity contribution in [2.24, 2.45) is 5.92 Å². The van der Waals surface area contributed by atoms with E-state index in [1.165, 1.54) is 0 Å². The lowest BCUT2D eigenvalue weighted by molar-refractivity contribution is 0.0338. The normalized spacial score (nSPS) is 25.4. The fourth-order valence-corrected chi connectivity index (χ4v) is 2.51. The molecule has 1 unspecified atom stereocenters. The molecule has 4 rings (SSSR count). The molecule has 2 aliphatic heterocycles. The number of benzene rings is 1. The molecule has 0 saturated heterocycles. The summed E-state index contributed by atoms with van der Waals surface area (Å²) in [5, 5.41) is 0. The van der Waals surface area contributed by atoms with Crippen molar-refractivity contribution in [1.29, 1.82) is 0 Å². The van der Waals surface area contributed by atoms with E-state index in [1.807, 2.05) is 6.07 Å². The topological polar surface area (TPSA) is 44.8 Å². The molecule has 2 heterocycles. The Labute approximate surface area is 98.5 Å². The molecule has 17 heavy (non-hydrogen) atoms. The van der Waals surface area contributed by atoms with Gasteiger partial charge in [-0.05, 0) is 25.0 Å². The van der Waals surface area contributed by atoms with E-state index in [-0.39, 0.29) is 12.1 Å². The molecule has 0 aromatic heterocycles. The van der Waals surface area contributed by atoms with Gasteiger partial charge in [-0.3, -0.25) is 0 Å². The van der Waals surface area contributed by atoms with Crippen LogP contribution in [0.5, 0.6) is 11.5 Å². The molecule has 4 nitrogen and oxygen atoms in total. The highest BCUT2D eigenvalue weighted by Gasteiger charge is 2.42. The van der Waals surface area contributed by atoms with Crippen LogP contribution in [-0.4, -0.2) is 19.2 Å². The van der Waals surface area contributed by atoms with E-state index in [0.29, 0.717) is 30.4 Å². The van der Waals surface area contributed by atoms with Crippen molar-refractivity contribution >= 4 is 5.97 Å². The lowest BCUT2D eigenvalue weighted by Crippen LogP contribution is -2.16.